The highest BCUT2D eigenvalue weighted by Crippen LogP contribution is 2.28. The van der Waals surface area contributed by atoms with Crippen LogP contribution in [0.1, 0.15) is 5.56 Å². The minimum Gasteiger partial charge on any atom is -0.505 e. The van der Waals surface area contributed by atoms with Crippen molar-refractivity contribution in [3.63, 3.8) is 0 Å². The van der Waals surface area contributed by atoms with Gasteiger partial charge in [-0.05, 0) is 12.1 Å². The maximum absolute atomic E-state index is 12.6. The molecule has 0 heterocycles. The topological polar surface area (TPSA) is 40.5 Å². The third-order valence-corrected chi connectivity index (χ3v) is 2.08. The molecule has 0 aromatic heterocycles. The van der Waals surface area contributed by atoms with Crippen molar-refractivity contribution in [2.24, 2.45) is 0 Å². The van der Waals surface area contributed by atoms with Gasteiger partial charge in [-0.1, -0.05) is 15.9 Å². The number of phenols is 1. The molecule has 0 spiro atoms. The molecule has 1 rings (SSSR count). The van der Waals surface area contributed by atoms with E-state index in [1.807, 2.05) is 0 Å². The fraction of sp³-hybridized carbons (Fsp3) is 0.143. The number of aliphatic hydroxyl groups is 1. The van der Waals surface area contributed by atoms with E-state index >= 15 is 0 Å². The van der Waals surface area contributed by atoms with E-state index in [1.165, 1.54) is 6.07 Å². The summed E-state index contributed by atoms with van der Waals surface area (Å²) in [5.41, 5.74) is 0.171. The molecular weight excluding hydrogens is 215 g/mol. The first kappa shape index (κ1) is 8.49. The van der Waals surface area contributed by atoms with Crippen LogP contribution in [0.15, 0.2) is 16.6 Å². The van der Waals surface area contributed by atoms with Crippen LogP contribution >= 0.6 is 15.9 Å². The minimum atomic E-state index is -0.725. The second-order valence-corrected chi connectivity index (χ2v) is 2.87. The number of hydrogen-bond donors (Lipinski definition) is 2. The van der Waals surface area contributed by atoms with E-state index in [0.717, 1.165) is 6.07 Å². The highest BCUT2D eigenvalue weighted by molar-refractivity contribution is 9.10. The summed E-state index contributed by atoms with van der Waals surface area (Å²) in [7, 11) is 0. The Morgan fingerprint density at radius 1 is 1.45 bits per heavy atom. The van der Waals surface area contributed by atoms with E-state index in [9.17, 15) is 4.39 Å². The molecule has 1 aromatic rings. The molecule has 11 heavy (non-hydrogen) atoms. The molecule has 0 aliphatic heterocycles. The lowest BCUT2D eigenvalue weighted by Crippen LogP contribution is -1.88. The first-order valence-corrected chi connectivity index (χ1v) is 3.73. The largest absolute Gasteiger partial charge is 0.505 e. The van der Waals surface area contributed by atoms with Crippen molar-refractivity contribution in [1.29, 1.82) is 0 Å². The third-order valence-electron chi connectivity index (χ3n) is 1.33. The third kappa shape index (κ3) is 1.52. The average molecular weight is 221 g/mol. The van der Waals surface area contributed by atoms with Crippen LogP contribution in [-0.2, 0) is 6.61 Å². The molecule has 0 aliphatic rings. The molecule has 1 aromatic carbocycles. The van der Waals surface area contributed by atoms with Gasteiger partial charge in [-0.15, -0.1) is 0 Å². The van der Waals surface area contributed by atoms with Crippen LogP contribution in [-0.4, -0.2) is 10.2 Å². The van der Waals surface area contributed by atoms with Crippen molar-refractivity contribution >= 4 is 15.9 Å². The average Bonchev–Trinajstić information content (AvgIpc) is 1.99. The van der Waals surface area contributed by atoms with Crippen molar-refractivity contribution in [1.82, 2.24) is 0 Å². The van der Waals surface area contributed by atoms with Crippen molar-refractivity contribution in [2.75, 3.05) is 0 Å². The molecule has 0 saturated carbocycles. The van der Waals surface area contributed by atoms with Crippen molar-refractivity contribution in [2.45, 2.75) is 6.61 Å². The normalized spacial score (nSPS) is 10.1. The molecule has 0 fully saturated rings. The molecule has 4 heteroatoms. The quantitative estimate of drug-likeness (QED) is 0.758. The van der Waals surface area contributed by atoms with Gasteiger partial charge < -0.3 is 10.2 Å². The molecule has 0 unspecified atom stereocenters. The number of aromatic hydroxyl groups is 1. The van der Waals surface area contributed by atoms with Crippen LogP contribution in [0.5, 0.6) is 5.75 Å². The first-order valence-electron chi connectivity index (χ1n) is 2.93. The van der Waals surface area contributed by atoms with Crippen LogP contribution in [0.3, 0.4) is 0 Å². The van der Waals surface area contributed by atoms with E-state index in [-0.39, 0.29) is 12.2 Å². The van der Waals surface area contributed by atoms with Crippen molar-refractivity contribution in [3.05, 3.63) is 28.0 Å². The Hall–Kier alpha value is -0.610. The Bertz CT molecular complexity index is 275. The van der Waals surface area contributed by atoms with Gasteiger partial charge in [0.1, 0.15) is 0 Å². The Morgan fingerprint density at radius 2 is 2.09 bits per heavy atom. The molecule has 2 nitrogen and oxygen atoms in total. The van der Waals surface area contributed by atoms with Gasteiger partial charge in [0.05, 0.1) is 6.61 Å². The molecule has 0 amide bonds. The van der Waals surface area contributed by atoms with E-state index in [0.29, 0.717) is 4.47 Å². The van der Waals surface area contributed by atoms with Gasteiger partial charge in [0, 0.05) is 10.0 Å². The fourth-order valence-electron chi connectivity index (χ4n) is 0.734. The molecule has 0 aliphatic carbocycles. The summed E-state index contributed by atoms with van der Waals surface area (Å²) in [6, 6.07) is 2.55. The predicted molar refractivity (Wildman–Crippen MR) is 41.7 cm³/mol. The monoisotopic (exact) mass is 220 g/mol. The molecule has 2 N–H and O–H groups in total. The molecule has 0 radical (unpaired) electrons. The van der Waals surface area contributed by atoms with Crippen LogP contribution in [0.4, 0.5) is 4.39 Å². The van der Waals surface area contributed by atoms with Gasteiger partial charge in [0.2, 0.25) is 0 Å². The van der Waals surface area contributed by atoms with Gasteiger partial charge in [-0.3, -0.25) is 0 Å². The van der Waals surface area contributed by atoms with Crippen molar-refractivity contribution in [3.8, 4) is 5.75 Å². The minimum absolute atomic E-state index is 0.171. The zero-order chi connectivity index (χ0) is 8.43. The summed E-state index contributed by atoms with van der Waals surface area (Å²) in [4.78, 5) is 0. The van der Waals surface area contributed by atoms with E-state index in [2.05, 4.69) is 15.9 Å². The fourth-order valence-corrected chi connectivity index (χ4v) is 1.18. The number of aliphatic hydroxyl groups excluding tert-OH is 1. The Balaban J connectivity index is 3.29. The summed E-state index contributed by atoms with van der Waals surface area (Å²) in [6.07, 6.45) is 0. The smallest absolute Gasteiger partial charge is 0.165 e. The van der Waals surface area contributed by atoms with Gasteiger partial charge in [-0.2, -0.15) is 0 Å². The summed E-state index contributed by atoms with van der Waals surface area (Å²) < 4.78 is 13.1. The first-order chi connectivity index (χ1) is 5.16. The number of hydrogen-bond acceptors (Lipinski definition) is 2. The zero-order valence-electron chi connectivity index (χ0n) is 5.51. The van der Waals surface area contributed by atoms with Crippen LogP contribution in [0.25, 0.3) is 0 Å². The van der Waals surface area contributed by atoms with Crippen LogP contribution in [0.2, 0.25) is 0 Å². The van der Waals surface area contributed by atoms with Gasteiger partial charge in [-0.25, -0.2) is 4.39 Å². The van der Waals surface area contributed by atoms with E-state index in [4.69, 9.17) is 10.2 Å². The lowest BCUT2D eigenvalue weighted by Gasteiger charge is -2.03. The maximum atomic E-state index is 12.6. The Kier molecular flexibility index (Phi) is 2.46. The Labute approximate surface area is 71.4 Å². The molecule has 0 saturated heterocycles. The highest BCUT2D eigenvalue weighted by Gasteiger charge is 2.08. The maximum Gasteiger partial charge on any atom is 0.165 e. The summed E-state index contributed by atoms with van der Waals surface area (Å²) >= 11 is 3.05. The number of benzene rings is 1. The lowest BCUT2D eigenvalue weighted by atomic mass is 10.2. The molecular formula is C7H6BrFO2. The Morgan fingerprint density at radius 3 is 2.55 bits per heavy atom. The molecule has 0 bridgehead atoms. The second-order valence-electron chi connectivity index (χ2n) is 2.01. The summed E-state index contributed by atoms with van der Waals surface area (Å²) in [6.45, 7) is -0.385. The molecule has 0 atom stereocenters. The van der Waals surface area contributed by atoms with Gasteiger partial charge >= 0.3 is 0 Å². The van der Waals surface area contributed by atoms with E-state index in [1.54, 1.807) is 0 Å². The SMILES string of the molecule is OCc1c(Br)ccc(F)c1O. The number of halogens is 2. The highest BCUT2D eigenvalue weighted by atomic mass is 79.9. The molecule has 60 valence electrons. The summed E-state index contributed by atoms with van der Waals surface area (Å²) in [5.74, 6) is -1.22. The van der Waals surface area contributed by atoms with Gasteiger partial charge in [0.25, 0.3) is 0 Å². The van der Waals surface area contributed by atoms with E-state index < -0.39 is 11.6 Å². The van der Waals surface area contributed by atoms with Crippen molar-refractivity contribution < 1.29 is 14.6 Å². The van der Waals surface area contributed by atoms with Gasteiger partial charge in [0.15, 0.2) is 11.6 Å². The van der Waals surface area contributed by atoms with Crippen LogP contribution < -0.4 is 0 Å². The number of rotatable bonds is 1. The van der Waals surface area contributed by atoms with Crippen LogP contribution in [0, 0.1) is 5.82 Å². The summed E-state index contributed by atoms with van der Waals surface area (Å²) in [5, 5.41) is 17.7. The standard InChI is InChI=1S/C7H6BrFO2/c8-5-1-2-6(9)7(11)4(5)3-10/h1-2,10-11H,3H2. The lowest BCUT2D eigenvalue weighted by molar-refractivity contribution is 0.272. The predicted octanol–water partition coefficient (Wildman–Crippen LogP) is 1.79. The second kappa shape index (κ2) is 3.19. The zero-order valence-corrected chi connectivity index (χ0v) is 7.10.